The van der Waals surface area contributed by atoms with Crippen LogP contribution in [0.1, 0.15) is 47.6 Å². The number of carbonyl (C=O) groups excluding carboxylic acids is 3. The van der Waals surface area contributed by atoms with E-state index in [1.165, 1.54) is 6.07 Å². The normalized spacial score (nSPS) is 16.9. The summed E-state index contributed by atoms with van der Waals surface area (Å²) in [7, 11) is 0. The minimum atomic E-state index is -4.69. The number of pyridine rings is 1. The van der Waals surface area contributed by atoms with Crippen molar-refractivity contribution in [1.82, 2.24) is 9.99 Å². The van der Waals surface area contributed by atoms with Crippen molar-refractivity contribution in [2.24, 2.45) is 0 Å². The molecule has 0 saturated heterocycles. The lowest BCUT2D eigenvalue weighted by atomic mass is 9.99. The summed E-state index contributed by atoms with van der Waals surface area (Å²) in [5, 5.41) is 3.44. The smallest absolute Gasteiger partial charge is 0.292 e. The number of nitrogens with zero attached hydrogens (tertiary/aromatic N) is 3. The number of ketones is 1. The van der Waals surface area contributed by atoms with Crippen LogP contribution in [0, 0.1) is 0 Å². The van der Waals surface area contributed by atoms with Crippen LogP contribution in [-0.2, 0) is 15.8 Å². The van der Waals surface area contributed by atoms with Crippen LogP contribution in [0.4, 0.5) is 18.9 Å². The number of hydrogen-bond donors (Lipinski definition) is 0. The molecule has 0 bridgehead atoms. The molecule has 0 radical (unpaired) electrons. The predicted molar refractivity (Wildman–Crippen MR) is 95.8 cm³/mol. The molecule has 3 heterocycles. The Kier molecular flexibility index (Phi) is 4.78. The highest BCUT2D eigenvalue weighted by Crippen LogP contribution is 2.43. The molecule has 2 aromatic rings. The van der Waals surface area contributed by atoms with Crippen molar-refractivity contribution in [2.45, 2.75) is 38.4 Å². The van der Waals surface area contributed by atoms with Crippen LogP contribution in [0.3, 0.4) is 0 Å². The van der Waals surface area contributed by atoms with Crippen LogP contribution in [0.25, 0.3) is 0 Å². The number of fused-ring (bicyclic) bond motifs is 1. The third-order valence-corrected chi connectivity index (χ3v) is 5.10. The standard InChI is InChI=1S/C18H16F3N3O3S/c1-17(2,3)23(9-25)24-11-7-10(18(19,20)21)8-22-14(11)13(16(24)27)15(26)12-5-4-6-28-12/h4-9,13H,1-3H3. The zero-order valence-corrected chi connectivity index (χ0v) is 16.0. The van der Waals surface area contributed by atoms with Gasteiger partial charge in [-0.2, -0.15) is 13.2 Å². The van der Waals surface area contributed by atoms with E-state index in [0.29, 0.717) is 12.6 Å². The summed E-state index contributed by atoms with van der Waals surface area (Å²) in [5.74, 6) is -2.81. The number of Topliss-reactive ketones (excluding diaryl/α,β-unsaturated/α-hetero) is 1. The van der Waals surface area contributed by atoms with Crippen molar-refractivity contribution in [3.05, 3.63) is 45.9 Å². The quantitative estimate of drug-likeness (QED) is 0.438. The molecule has 2 aromatic heterocycles. The maximum absolute atomic E-state index is 13.2. The average Bonchev–Trinajstić information content (AvgIpc) is 3.20. The number of anilines is 1. The molecule has 0 spiro atoms. The van der Waals surface area contributed by atoms with Crippen molar-refractivity contribution in [2.75, 3.05) is 5.01 Å². The van der Waals surface area contributed by atoms with E-state index < -0.39 is 34.9 Å². The van der Waals surface area contributed by atoms with E-state index in [2.05, 4.69) is 4.98 Å². The van der Waals surface area contributed by atoms with Crippen molar-refractivity contribution in [3.8, 4) is 0 Å². The van der Waals surface area contributed by atoms with Gasteiger partial charge in [0.2, 0.25) is 6.41 Å². The molecule has 1 unspecified atom stereocenters. The highest BCUT2D eigenvalue weighted by Gasteiger charge is 2.49. The Balaban J connectivity index is 2.19. The van der Waals surface area contributed by atoms with Crippen molar-refractivity contribution >= 4 is 35.1 Å². The minimum Gasteiger partial charge on any atom is -0.292 e. The first-order valence-corrected chi connectivity index (χ1v) is 9.08. The summed E-state index contributed by atoms with van der Waals surface area (Å²) in [6, 6.07) is 3.89. The molecule has 1 atom stereocenters. The zero-order valence-electron chi connectivity index (χ0n) is 15.1. The zero-order chi connectivity index (χ0) is 20.9. The molecule has 6 nitrogen and oxygen atoms in total. The van der Waals surface area contributed by atoms with E-state index in [4.69, 9.17) is 0 Å². The van der Waals surface area contributed by atoms with Crippen molar-refractivity contribution in [1.29, 1.82) is 0 Å². The third kappa shape index (κ3) is 3.28. The lowest BCUT2D eigenvalue weighted by Gasteiger charge is -2.38. The molecule has 3 rings (SSSR count). The molecule has 148 valence electrons. The Hall–Kier alpha value is -2.75. The molecule has 0 N–H and O–H groups in total. The molecular weight excluding hydrogens is 395 g/mol. The van der Waals surface area contributed by atoms with Crippen LogP contribution in [0.2, 0.25) is 0 Å². The fraction of sp³-hybridized carbons (Fsp3) is 0.333. The maximum atomic E-state index is 13.2. The summed E-state index contributed by atoms with van der Waals surface area (Å²) < 4.78 is 39.6. The Bertz CT molecular complexity index is 936. The second kappa shape index (κ2) is 6.69. The molecule has 2 amide bonds. The van der Waals surface area contributed by atoms with E-state index in [9.17, 15) is 27.6 Å². The van der Waals surface area contributed by atoms with Gasteiger partial charge in [0.15, 0.2) is 5.78 Å². The van der Waals surface area contributed by atoms with Gasteiger partial charge in [-0.1, -0.05) is 6.07 Å². The van der Waals surface area contributed by atoms with Gasteiger partial charge in [0.1, 0.15) is 5.92 Å². The van der Waals surface area contributed by atoms with E-state index in [-0.39, 0.29) is 16.3 Å². The van der Waals surface area contributed by atoms with Crippen molar-refractivity contribution < 1.29 is 27.6 Å². The minimum absolute atomic E-state index is 0.104. The fourth-order valence-corrected chi connectivity index (χ4v) is 3.59. The number of carbonyl (C=O) groups is 3. The number of rotatable bonds is 4. The van der Waals surface area contributed by atoms with Gasteiger partial charge in [0.25, 0.3) is 5.91 Å². The highest BCUT2D eigenvalue weighted by molar-refractivity contribution is 7.12. The number of hydrazine groups is 1. The fourth-order valence-electron chi connectivity index (χ4n) is 2.89. The van der Waals surface area contributed by atoms with Crippen LogP contribution >= 0.6 is 11.3 Å². The second-order valence-corrected chi connectivity index (χ2v) is 8.12. The Morgan fingerprint density at radius 3 is 2.50 bits per heavy atom. The molecule has 10 heteroatoms. The first-order valence-electron chi connectivity index (χ1n) is 8.20. The molecule has 0 saturated carbocycles. The highest BCUT2D eigenvalue weighted by atomic mass is 32.1. The van der Waals surface area contributed by atoms with Gasteiger partial charge in [-0.25, -0.2) is 10.0 Å². The summed E-state index contributed by atoms with van der Waals surface area (Å²) in [5.41, 5.74) is -2.33. The lowest BCUT2D eigenvalue weighted by Crippen LogP contribution is -2.54. The number of halogens is 3. The van der Waals surface area contributed by atoms with E-state index in [1.54, 1.807) is 32.2 Å². The maximum Gasteiger partial charge on any atom is 0.417 e. The van der Waals surface area contributed by atoms with E-state index in [0.717, 1.165) is 27.4 Å². The van der Waals surface area contributed by atoms with Gasteiger partial charge >= 0.3 is 6.18 Å². The molecular formula is C18H16F3N3O3S. The Morgan fingerprint density at radius 1 is 1.32 bits per heavy atom. The largest absolute Gasteiger partial charge is 0.417 e. The van der Waals surface area contributed by atoms with Gasteiger partial charge < -0.3 is 0 Å². The number of hydrogen-bond acceptors (Lipinski definition) is 5. The predicted octanol–water partition coefficient (Wildman–Crippen LogP) is 3.65. The monoisotopic (exact) mass is 411 g/mol. The van der Waals surface area contributed by atoms with Crippen LogP contribution in [-0.4, -0.2) is 33.6 Å². The molecule has 28 heavy (non-hydrogen) atoms. The van der Waals surface area contributed by atoms with Gasteiger partial charge in [0, 0.05) is 6.20 Å². The molecule has 1 aliphatic rings. The Morgan fingerprint density at radius 2 is 2.00 bits per heavy atom. The summed E-state index contributed by atoms with van der Waals surface area (Å²) in [6.45, 7) is 4.84. The molecule has 0 aliphatic carbocycles. The van der Waals surface area contributed by atoms with Gasteiger partial charge in [0.05, 0.1) is 27.4 Å². The first-order chi connectivity index (χ1) is 13.0. The first kappa shape index (κ1) is 20.0. The van der Waals surface area contributed by atoms with Crippen molar-refractivity contribution in [3.63, 3.8) is 0 Å². The SMILES string of the molecule is CC(C)(C)N(C=O)N1C(=O)C(C(=O)c2cccs2)c2ncc(C(F)(F)F)cc21. The summed E-state index contributed by atoms with van der Waals surface area (Å²) >= 11 is 1.11. The number of alkyl halides is 3. The number of amides is 2. The Labute approximate surface area is 162 Å². The van der Waals surface area contributed by atoms with Crippen LogP contribution < -0.4 is 5.01 Å². The second-order valence-electron chi connectivity index (χ2n) is 7.17. The summed E-state index contributed by atoms with van der Waals surface area (Å²) in [6.07, 6.45) is -3.76. The van der Waals surface area contributed by atoms with E-state index >= 15 is 0 Å². The third-order valence-electron chi connectivity index (χ3n) is 4.21. The molecule has 0 fully saturated rings. The topological polar surface area (TPSA) is 70.6 Å². The number of aromatic nitrogens is 1. The van der Waals surface area contributed by atoms with Crippen LogP contribution in [0.5, 0.6) is 0 Å². The average molecular weight is 411 g/mol. The van der Waals surface area contributed by atoms with Gasteiger partial charge in [-0.3, -0.25) is 19.4 Å². The van der Waals surface area contributed by atoms with E-state index in [1.807, 2.05) is 0 Å². The van der Waals surface area contributed by atoms with Gasteiger partial charge in [-0.05, 0) is 38.3 Å². The lowest BCUT2D eigenvalue weighted by molar-refractivity contribution is -0.137. The molecule has 1 aliphatic heterocycles. The number of thiophene rings is 1. The van der Waals surface area contributed by atoms with Crippen LogP contribution in [0.15, 0.2) is 29.8 Å². The molecule has 0 aromatic carbocycles. The van der Waals surface area contributed by atoms with Gasteiger partial charge in [-0.15, -0.1) is 11.3 Å². The summed E-state index contributed by atoms with van der Waals surface area (Å²) in [4.78, 5) is 41.7.